The molecule has 0 atom stereocenters. The van der Waals surface area contributed by atoms with Crippen molar-refractivity contribution in [2.45, 2.75) is 12.8 Å². The Morgan fingerprint density at radius 2 is 2.31 bits per heavy atom. The number of benzene rings is 1. The first-order chi connectivity index (χ1) is 7.63. The number of aromatic hydroxyl groups is 1. The maximum atomic E-state index is 11.5. The molecule has 16 heavy (non-hydrogen) atoms. The molecule has 0 heterocycles. The summed E-state index contributed by atoms with van der Waals surface area (Å²) in [5.74, 6) is -0.670. The molecule has 0 aromatic heterocycles. The van der Waals surface area contributed by atoms with Gasteiger partial charge in [-0.25, -0.2) is 4.79 Å². The van der Waals surface area contributed by atoms with E-state index in [9.17, 15) is 9.90 Å². The quantitative estimate of drug-likeness (QED) is 0.648. The smallest absolute Gasteiger partial charge is 0.339 e. The van der Waals surface area contributed by atoms with Gasteiger partial charge in [0.05, 0.1) is 23.6 Å². The van der Waals surface area contributed by atoms with Crippen molar-refractivity contribution < 1.29 is 14.6 Å². The first-order valence-corrected chi connectivity index (χ1v) is 5.16. The summed E-state index contributed by atoms with van der Waals surface area (Å²) in [6.45, 7) is 1.87. The van der Waals surface area contributed by atoms with E-state index in [-0.39, 0.29) is 29.4 Å². The van der Waals surface area contributed by atoms with Crippen LogP contribution in [0.15, 0.2) is 12.1 Å². The number of phenolic OH excluding ortho intramolecular Hbond substituents is 1. The van der Waals surface area contributed by atoms with Crippen LogP contribution in [-0.2, 0) is 10.6 Å². The van der Waals surface area contributed by atoms with Crippen LogP contribution < -0.4 is 0 Å². The Labute approximate surface area is 98.0 Å². The topological polar surface area (TPSA) is 70.3 Å². The fraction of sp³-hybridized carbons (Fsp3) is 0.273. The molecule has 0 aliphatic carbocycles. The van der Waals surface area contributed by atoms with Crippen LogP contribution in [0.5, 0.6) is 5.75 Å². The Kier molecular flexibility index (Phi) is 4.15. The molecule has 4 nitrogen and oxygen atoms in total. The summed E-state index contributed by atoms with van der Waals surface area (Å²) < 4.78 is 4.76. The second kappa shape index (κ2) is 5.38. The Hall–Kier alpha value is -1.73. The molecule has 0 saturated heterocycles. The lowest BCUT2D eigenvalue weighted by atomic mass is 10.0. The minimum Gasteiger partial charge on any atom is -0.508 e. The number of hydrogen-bond acceptors (Lipinski definition) is 4. The Morgan fingerprint density at radius 3 is 2.81 bits per heavy atom. The lowest BCUT2D eigenvalue weighted by Gasteiger charge is -2.07. The number of nitriles is 1. The standard InChI is InChI=1S/C11H10ClNO3/c1-2-16-11(15)9-4-10(14)7(5-12)3-8(9)6-13/h3-4,14H,2,5H2,1H3. The highest BCUT2D eigenvalue weighted by Gasteiger charge is 2.15. The van der Waals surface area contributed by atoms with Crippen molar-refractivity contribution in [1.82, 2.24) is 0 Å². The van der Waals surface area contributed by atoms with Crippen molar-refractivity contribution >= 4 is 17.6 Å². The number of carbonyl (C=O) groups excluding carboxylic acids is 1. The van der Waals surface area contributed by atoms with E-state index < -0.39 is 5.97 Å². The molecule has 0 saturated carbocycles. The van der Waals surface area contributed by atoms with Crippen LogP contribution in [0.25, 0.3) is 0 Å². The van der Waals surface area contributed by atoms with Crippen LogP contribution in [0, 0.1) is 11.3 Å². The summed E-state index contributed by atoms with van der Waals surface area (Å²) in [7, 11) is 0. The van der Waals surface area contributed by atoms with Gasteiger partial charge in [0.25, 0.3) is 0 Å². The van der Waals surface area contributed by atoms with Gasteiger partial charge >= 0.3 is 5.97 Å². The Morgan fingerprint density at radius 1 is 1.62 bits per heavy atom. The molecule has 0 aliphatic rings. The van der Waals surface area contributed by atoms with Crippen molar-refractivity contribution in [3.8, 4) is 11.8 Å². The second-order valence-electron chi connectivity index (χ2n) is 2.99. The number of alkyl halides is 1. The fourth-order valence-corrected chi connectivity index (χ4v) is 1.42. The predicted octanol–water partition coefficient (Wildman–Crippen LogP) is 2.18. The Balaban J connectivity index is 3.24. The monoisotopic (exact) mass is 239 g/mol. The molecule has 0 fully saturated rings. The number of halogens is 1. The number of nitrogens with zero attached hydrogens (tertiary/aromatic N) is 1. The predicted molar refractivity (Wildman–Crippen MR) is 58.3 cm³/mol. The molecule has 1 aromatic carbocycles. The van der Waals surface area contributed by atoms with Crippen molar-refractivity contribution in [3.05, 3.63) is 28.8 Å². The van der Waals surface area contributed by atoms with Crippen molar-refractivity contribution in [1.29, 1.82) is 5.26 Å². The number of carbonyl (C=O) groups is 1. The van der Waals surface area contributed by atoms with Gasteiger partial charge in [-0.05, 0) is 19.1 Å². The van der Waals surface area contributed by atoms with Crippen molar-refractivity contribution in [2.24, 2.45) is 0 Å². The minimum atomic E-state index is -0.629. The number of phenols is 1. The maximum Gasteiger partial charge on any atom is 0.339 e. The van der Waals surface area contributed by atoms with Gasteiger partial charge in [-0.15, -0.1) is 11.6 Å². The third-order valence-electron chi connectivity index (χ3n) is 1.98. The first-order valence-electron chi connectivity index (χ1n) is 4.63. The van der Waals surface area contributed by atoms with Crippen molar-refractivity contribution in [2.75, 3.05) is 6.61 Å². The molecule has 0 unspecified atom stereocenters. The van der Waals surface area contributed by atoms with E-state index in [2.05, 4.69) is 0 Å². The van der Waals surface area contributed by atoms with Crippen LogP contribution >= 0.6 is 11.6 Å². The van der Waals surface area contributed by atoms with Crippen LogP contribution in [0.4, 0.5) is 0 Å². The zero-order valence-electron chi connectivity index (χ0n) is 8.66. The normalized spacial score (nSPS) is 9.56. The highest BCUT2D eigenvalue weighted by Crippen LogP contribution is 2.24. The van der Waals surface area contributed by atoms with Gasteiger partial charge < -0.3 is 9.84 Å². The Bertz CT molecular complexity index is 451. The van der Waals surface area contributed by atoms with Crippen LogP contribution in [-0.4, -0.2) is 17.7 Å². The highest BCUT2D eigenvalue weighted by atomic mass is 35.5. The van der Waals surface area contributed by atoms with E-state index in [1.54, 1.807) is 6.92 Å². The van der Waals surface area contributed by atoms with E-state index in [1.165, 1.54) is 12.1 Å². The molecule has 84 valence electrons. The number of rotatable bonds is 3. The highest BCUT2D eigenvalue weighted by molar-refractivity contribution is 6.17. The molecule has 0 amide bonds. The molecule has 1 rings (SSSR count). The molecular formula is C11H10ClNO3. The SMILES string of the molecule is CCOC(=O)c1cc(O)c(CCl)cc1C#N. The number of hydrogen-bond donors (Lipinski definition) is 1. The molecule has 1 aromatic rings. The van der Waals surface area contributed by atoms with Crippen LogP contribution in [0.3, 0.4) is 0 Å². The molecule has 0 bridgehead atoms. The fourth-order valence-electron chi connectivity index (χ4n) is 1.21. The molecule has 5 heteroatoms. The van der Waals surface area contributed by atoms with E-state index >= 15 is 0 Å². The van der Waals surface area contributed by atoms with Gasteiger partial charge in [0.2, 0.25) is 0 Å². The molecule has 1 N–H and O–H groups in total. The van der Waals surface area contributed by atoms with Gasteiger partial charge in [0.15, 0.2) is 0 Å². The zero-order valence-corrected chi connectivity index (χ0v) is 9.41. The molecule has 0 aliphatic heterocycles. The van der Waals surface area contributed by atoms with E-state index in [1.807, 2.05) is 6.07 Å². The van der Waals surface area contributed by atoms with Gasteiger partial charge in [0, 0.05) is 5.56 Å². The van der Waals surface area contributed by atoms with Gasteiger partial charge in [-0.1, -0.05) is 0 Å². The maximum absolute atomic E-state index is 11.5. The number of esters is 1. The third kappa shape index (κ3) is 2.44. The summed E-state index contributed by atoms with van der Waals surface area (Å²) in [5.41, 5.74) is 0.605. The zero-order chi connectivity index (χ0) is 12.1. The third-order valence-corrected chi connectivity index (χ3v) is 2.27. The average Bonchev–Trinajstić information content (AvgIpc) is 2.29. The minimum absolute atomic E-state index is 0.0516. The molecule has 0 radical (unpaired) electrons. The lowest BCUT2D eigenvalue weighted by molar-refractivity contribution is 0.0525. The summed E-state index contributed by atoms with van der Waals surface area (Å²) in [6, 6.07) is 4.45. The van der Waals surface area contributed by atoms with Crippen molar-refractivity contribution in [3.63, 3.8) is 0 Å². The van der Waals surface area contributed by atoms with Crippen LogP contribution in [0.1, 0.15) is 28.4 Å². The van der Waals surface area contributed by atoms with Crippen LogP contribution in [0.2, 0.25) is 0 Å². The molecular weight excluding hydrogens is 230 g/mol. The van der Waals surface area contributed by atoms with E-state index in [4.69, 9.17) is 21.6 Å². The average molecular weight is 240 g/mol. The summed E-state index contributed by atoms with van der Waals surface area (Å²) >= 11 is 5.57. The van der Waals surface area contributed by atoms with Gasteiger partial charge in [-0.3, -0.25) is 0 Å². The first kappa shape index (κ1) is 12.3. The second-order valence-corrected chi connectivity index (χ2v) is 3.26. The van der Waals surface area contributed by atoms with Gasteiger partial charge in [0.1, 0.15) is 11.8 Å². The summed E-state index contributed by atoms with van der Waals surface area (Å²) in [5, 5.41) is 18.4. The summed E-state index contributed by atoms with van der Waals surface area (Å²) in [4.78, 5) is 11.5. The van der Waals surface area contributed by atoms with E-state index in [0.717, 1.165) is 0 Å². The largest absolute Gasteiger partial charge is 0.508 e. The lowest BCUT2D eigenvalue weighted by Crippen LogP contribution is -2.07. The van der Waals surface area contributed by atoms with E-state index in [0.29, 0.717) is 5.56 Å². The summed E-state index contributed by atoms with van der Waals surface area (Å²) in [6.07, 6.45) is 0. The molecule has 0 spiro atoms. The van der Waals surface area contributed by atoms with Gasteiger partial charge in [-0.2, -0.15) is 5.26 Å². The number of ether oxygens (including phenoxy) is 1.